The van der Waals surface area contributed by atoms with Crippen molar-refractivity contribution in [3.8, 4) is 0 Å². The van der Waals surface area contributed by atoms with Crippen LogP contribution in [0.15, 0.2) is 33.7 Å². The van der Waals surface area contributed by atoms with E-state index < -0.39 is 0 Å². The fourth-order valence-electron chi connectivity index (χ4n) is 1.13. The minimum atomic E-state index is 0.00951. The zero-order chi connectivity index (χ0) is 11.5. The molecule has 0 aliphatic rings. The number of hydrogen-bond donors (Lipinski definition) is 0. The highest BCUT2D eigenvalue weighted by Crippen LogP contribution is 2.29. The quantitative estimate of drug-likeness (QED) is 0.806. The summed E-state index contributed by atoms with van der Waals surface area (Å²) in [5.74, 6) is 0.736. The first-order chi connectivity index (χ1) is 7.65. The SMILES string of the molecule is Cn1ccc(CSc2ncc(Cl)s2)cc1=O. The third-order valence-corrected chi connectivity index (χ3v) is 4.33. The summed E-state index contributed by atoms with van der Waals surface area (Å²) >= 11 is 8.81. The lowest BCUT2D eigenvalue weighted by molar-refractivity contribution is 0.855. The molecule has 6 heteroatoms. The van der Waals surface area contributed by atoms with Crippen molar-refractivity contribution >= 4 is 34.7 Å². The number of aryl methyl sites for hydroxylation is 1. The third kappa shape index (κ3) is 2.87. The summed E-state index contributed by atoms with van der Waals surface area (Å²) in [6, 6.07) is 3.58. The Kier molecular flexibility index (Phi) is 3.68. The molecule has 0 saturated carbocycles. The Balaban J connectivity index is 2.05. The second-order valence-electron chi connectivity index (χ2n) is 3.20. The number of halogens is 1. The highest BCUT2D eigenvalue weighted by atomic mass is 35.5. The van der Waals surface area contributed by atoms with Gasteiger partial charge in [0.25, 0.3) is 5.56 Å². The molecule has 0 aliphatic heterocycles. The molecule has 0 amide bonds. The highest BCUT2D eigenvalue weighted by molar-refractivity contribution is 8.00. The number of hydrogen-bond acceptors (Lipinski definition) is 4. The van der Waals surface area contributed by atoms with Crippen LogP contribution in [0.25, 0.3) is 0 Å². The first-order valence-electron chi connectivity index (χ1n) is 4.55. The van der Waals surface area contributed by atoms with Crippen LogP contribution in [0.1, 0.15) is 5.56 Å². The Hall–Kier alpha value is -0.780. The van der Waals surface area contributed by atoms with Gasteiger partial charge in [0.15, 0.2) is 4.34 Å². The normalized spacial score (nSPS) is 10.6. The zero-order valence-corrected chi connectivity index (χ0v) is 10.9. The largest absolute Gasteiger partial charge is 0.319 e. The second-order valence-corrected chi connectivity index (χ2v) is 6.09. The van der Waals surface area contributed by atoms with E-state index in [9.17, 15) is 4.79 Å². The summed E-state index contributed by atoms with van der Waals surface area (Å²) in [6.07, 6.45) is 3.41. The van der Waals surface area contributed by atoms with Crippen molar-refractivity contribution in [3.63, 3.8) is 0 Å². The summed E-state index contributed by atoms with van der Waals surface area (Å²) < 4.78 is 3.16. The van der Waals surface area contributed by atoms with Gasteiger partial charge in [-0.15, -0.1) is 0 Å². The fraction of sp³-hybridized carbons (Fsp3) is 0.200. The van der Waals surface area contributed by atoms with Crippen molar-refractivity contribution in [2.45, 2.75) is 10.1 Å². The first kappa shape index (κ1) is 11.7. The van der Waals surface area contributed by atoms with E-state index in [-0.39, 0.29) is 5.56 Å². The average Bonchev–Trinajstić information content (AvgIpc) is 2.66. The highest BCUT2D eigenvalue weighted by Gasteiger charge is 2.02. The van der Waals surface area contributed by atoms with E-state index in [0.717, 1.165) is 15.7 Å². The lowest BCUT2D eigenvalue weighted by atomic mass is 10.3. The average molecular weight is 273 g/mol. The van der Waals surface area contributed by atoms with Gasteiger partial charge in [-0.05, 0) is 11.6 Å². The molecule has 84 valence electrons. The smallest absolute Gasteiger partial charge is 0.250 e. The predicted octanol–water partition coefficient (Wildman–Crippen LogP) is 2.79. The zero-order valence-electron chi connectivity index (χ0n) is 8.51. The molecule has 0 radical (unpaired) electrons. The summed E-state index contributed by atoms with van der Waals surface area (Å²) in [7, 11) is 1.74. The van der Waals surface area contributed by atoms with E-state index >= 15 is 0 Å². The maximum absolute atomic E-state index is 11.4. The molecule has 0 saturated heterocycles. The van der Waals surface area contributed by atoms with Crippen LogP contribution in [-0.4, -0.2) is 9.55 Å². The Labute approximate surface area is 106 Å². The monoisotopic (exact) mass is 272 g/mol. The number of thioether (sulfide) groups is 1. The predicted molar refractivity (Wildman–Crippen MR) is 68.4 cm³/mol. The van der Waals surface area contributed by atoms with Crippen molar-refractivity contribution in [2.75, 3.05) is 0 Å². The third-order valence-electron chi connectivity index (χ3n) is 1.99. The summed E-state index contributed by atoms with van der Waals surface area (Å²) in [5.41, 5.74) is 1.01. The number of pyridine rings is 1. The van der Waals surface area contributed by atoms with Crippen molar-refractivity contribution in [2.24, 2.45) is 7.05 Å². The van der Waals surface area contributed by atoms with Gasteiger partial charge in [-0.2, -0.15) is 0 Å². The van der Waals surface area contributed by atoms with E-state index in [2.05, 4.69) is 4.98 Å². The molecular formula is C10H9ClN2OS2. The molecule has 2 aromatic heterocycles. The molecule has 0 spiro atoms. The molecule has 0 bridgehead atoms. The Morgan fingerprint density at radius 1 is 1.62 bits per heavy atom. The molecule has 0 N–H and O–H groups in total. The van der Waals surface area contributed by atoms with E-state index in [1.165, 1.54) is 11.3 Å². The van der Waals surface area contributed by atoms with Gasteiger partial charge in [0.2, 0.25) is 0 Å². The second kappa shape index (κ2) is 5.03. The van der Waals surface area contributed by atoms with Gasteiger partial charge in [-0.25, -0.2) is 4.98 Å². The van der Waals surface area contributed by atoms with Gasteiger partial charge >= 0.3 is 0 Å². The number of thiazole rings is 1. The molecule has 0 aliphatic carbocycles. The van der Waals surface area contributed by atoms with Gasteiger partial charge in [0.05, 0.1) is 6.20 Å². The maximum Gasteiger partial charge on any atom is 0.250 e. The van der Waals surface area contributed by atoms with Crippen LogP contribution in [0.5, 0.6) is 0 Å². The lowest BCUT2D eigenvalue weighted by Crippen LogP contribution is -2.14. The summed E-state index contributed by atoms with van der Waals surface area (Å²) in [5, 5.41) is 0. The van der Waals surface area contributed by atoms with E-state index in [4.69, 9.17) is 11.6 Å². The summed E-state index contributed by atoms with van der Waals surface area (Å²) in [6.45, 7) is 0. The van der Waals surface area contributed by atoms with Crippen LogP contribution >= 0.6 is 34.7 Å². The van der Waals surface area contributed by atoms with Gasteiger partial charge in [-0.3, -0.25) is 4.79 Å². The minimum Gasteiger partial charge on any atom is -0.319 e. The number of nitrogens with zero attached hydrogens (tertiary/aromatic N) is 2. The van der Waals surface area contributed by atoms with Gasteiger partial charge in [0, 0.05) is 25.1 Å². The standard InChI is InChI=1S/C10H9ClN2OS2/c1-13-3-2-7(4-9(13)14)6-15-10-12-5-8(11)16-10/h2-5H,6H2,1H3. The molecule has 0 atom stereocenters. The van der Waals surface area contributed by atoms with E-state index in [0.29, 0.717) is 4.34 Å². The number of aromatic nitrogens is 2. The van der Waals surface area contributed by atoms with Gasteiger partial charge in [-0.1, -0.05) is 34.7 Å². The Morgan fingerprint density at radius 2 is 2.44 bits per heavy atom. The fourth-order valence-corrected chi connectivity index (χ4v) is 3.19. The van der Waals surface area contributed by atoms with Gasteiger partial charge in [0.1, 0.15) is 4.34 Å². The Morgan fingerprint density at radius 3 is 3.06 bits per heavy atom. The topological polar surface area (TPSA) is 34.9 Å². The molecule has 0 aromatic carbocycles. The summed E-state index contributed by atoms with van der Waals surface area (Å²) in [4.78, 5) is 15.5. The van der Waals surface area contributed by atoms with Crippen LogP contribution < -0.4 is 5.56 Å². The molecule has 0 unspecified atom stereocenters. The molecule has 3 nitrogen and oxygen atoms in total. The van der Waals surface area contributed by atoms with Crippen molar-refractivity contribution in [1.82, 2.24) is 9.55 Å². The lowest BCUT2D eigenvalue weighted by Gasteiger charge is -2.00. The first-order valence-corrected chi connectivity index (χ1v) is 6.73. The molecule has 16 heavy (non-hydrogen) atoms. The van der Waals surface area contributed by atoms with Crippen molar-refractivity contribution in [1.29, 1.82) is 0 Å². The van der Waals surface area contributed by atoms with Crippen molar-refractivity contribution in [3.05, 3.63) is 44.8 Å². The van der Waals surface area contributed by atoms with Crippen LogP contribution in [-0.2, 0) is 12.8 Å². The van der Waals surface area contributed by atoms with Crippen molar-refractivity contribution < 1.29 is 0 Å². The van der Waals surface area contributed by atoms with Crippen LogP contribution in [0.3, 0.4) is 0 Å². The molecule has 2 heterocycles. The molecule has 0 fully saturated rings. The van der Waals surface area contributed by atoms with Gasteiger partial charge < -0.3 is 4.57 Å². The number of rotatable bonds is 3. The molecular weight excluding hydrogens is 264 g/mol. The maximum atomic E-state index is 11.4. The van der Waals surface area contributed by atoms with Crippen LogP contribution in [0, 0.1) is 0 Å². The molecule has 2 rings (SSSR count). The van der Waals surface area contributed by atoms with Crippen LogP contribution in [0.4, 0.5) is 0 Å². The molecule has 2 aromatic rings. The Bertz CT molecular complexity index is 550. The van der Waals surface area contributed by atoms with E-state index in [1.807, 2.05) is 6.07 Å². The minimum absolute atomic E-state index is 0.00951. The van der Waals surface area contributed by atoms with Crippen LogP contribution in [0.2, 0.25) is 4.34 Å². The van der Waals surface area contributed by atoms with E-state index in [1.54, 1.807) is 41.8 Å².